The zero-order valence-electron chi connectivity index (χ0n) is 39.0. The summed E-state index contributed by atoms with van der Waals surface area (Å²) in [6.45, 7) is 11.8. The number of hydrogen-bond acceptors (Lipinski definition) is 6. The van der Waals surface area contributed by atoms with Gasteiger partial charge in [-0.25, -0.2) is 0 Å². The van der Waals surface area contributed by atoms with E-state index in [1.165, 1.54) is 77.0 Å². The van der Waals surface area contributed by atoms with Crippen molar-refractivity contribution in [2.24, 2.45) is 0 Å². The third-order valence-corrected chi connectivity index (χ3v) is 12.1. The van der Waals surface area contributed by atoms with E-state index < -0.39 is 0 Å². The average molecular weight is 863 g/mol. The van der Waals surface area contributed by atoms with Crippen LogP contribution in [0, 0.1) is 0 Å². The molecular formula is C58H70O6. The third-order valence-electron chi connectivity index (χ3n) is 12.1. The van der Waals surface area contributed by atoms with Crippen molar-refractivity contribution in [3.63, 3.8) is 0 Å². The molecule has 0 spiro atoms. The van der Waals surface area contributed by atoms with Crippen LogP contribution in [0.1, 0.15) is 130 Å². The number of fused-ring (bicyclic) bond motifs is 2. The first kappa shape index (κ1) is 46.4. The predicted octanol–water partition coefficient (Wildman–Crippen LogP) is 17.7. The van der Waals surface area contributed by atoms with Crippen molar-refractivity contribution in [1.82, 2.24) is 0 Å². The second kappa shape index (κ2) is 24.4. The van der Waals surface area contributed by atoms with Crippen LogP contribution in [0.25, 0.3) is 66.8 Å². The standard InChI is InChI=1S/C58H70O6/c1-5-9-13-17-37-59-47-29-21-43(22-30-47)55-51-41-54-52(42-53(51)63-57(55)45-25-33-49(34-26-45)61-39-19-15-11-7-3)56(44-23-31-48(32-24-44)60-38-18-14-10-6-2)58(64-54)46-27-35-50(36-28-46)62-40-20-16-12-8-4/h21-36,41-42H,5-20,37-40H2,1-4H3. The molecule has 7 aromatic rings. The van der Waals surface area contributed by atoms with Gasteiger partial charge in [-0.05, 0) is 122 Å². The number of furan rings is 2. The van der Waals surface area contributed by atoms with Gasteiger partial charge in [-0.1, -0.05) is 129 Å². The van der Waals surface area contributed by atoms with Gasteiger partial charge in [0.15, 0.2) is 0 Å². The van der Waals surface area contributed by atoms with Crippen molar-refractivity contribution in [2.45, 2.75) is 130 Å². The second-order valence-electron chi connectivity index (χ2n) is 17.2. The summed E-state index contributed by atoms with van der Waals surface area (Å²) in [5.41, 5.74) is 7.66. The van der Waals surface area contributed by atoms with Gasteiger partial charge in [-0.2, -0.15) is 0 Å². The lowest BCUT2D eigenvalue weighted by molar-refractivity contribution is 0.305. The predicted molar refractivity (Wildman–Crippen MR) is 266 cm³/mol. The highest BCUT2D eigenvalue weighted by Crippen LogP contribution is 2.47. The van der Waals surface area contributed by atoms with E-state index >= 15 is 0 Å². The van der Waals surface area contributed by atoms with Crippen LogP contribution >= 0.6 is 0 Å². The number of hydrogen-bond donors (Lipinski definition) is 0. The summed E-state index contributed by atoms with van der Waals surface area (Å²) in [5, 5.41) is 1.97. The minimum atomic E-state index is 0.719. The molecule has 6 heteroatoms. The minimum absolute atomic E-state index is 0.719. The monoisotopic (exact) mass is 863 g/mol. The normalized spacial score (nSPS) is 11.4. The fourth-order valence-electron chi connectivity index (χ4n) is 8.38. The van der Waals surface area contributed by atoms with Gasteiger partial charge in [-0.15, -0.1) is 0 Å². The van der Waals surface area contributed by atoms with Gasteiger partial charge in [0.05, 0.1) is 26.4 Å². The first-order valence-corrected chi connectivity index (χ1v) is 24.6. The highest BCUT2D eigenvalue weighted by atomic mass is 16.5. The Morgan fingerprint density at radius 1 is 0.312 bits per heavy atom. The highest BCUT2D eigenvalue weighted by Gasteiger charge is 2.24. The molecule has 0 atom stereocenters. The summed E-state index contributed by atoms with van der Waals surface area (Å²) >= 11 is 0. The van der Waals surface area contributed by atoms with Gasteiger partial charge in [0.1, 0.15) is 45.7 Å². The topological polar surface area (TPSA) is 63.2 Å². The second-order valence-corrected chi connectivity index (χ2v) is 17.2. The Hall–Kier alpha value is -5.62. The van der Waals surface area contributed by atoms with E-state index in [0.29, 0.717) is 0 Å². The smallest absolute Gasteiger partial charge is 0.143 e. The molecule has 0 N–H and O–H groups in total. The molecule has 0 saturated carbocycles. The molecule has 6 nitrogen and oxygen atoms in total. The van der Waals surface area contributed by atoms with E-state index in [1.54, 1.807) is 0 Å². The van der Waals surface area contributed by atoms with Crippen LogP contribution in [-0.2, 0) is 0 Å². The fraction of sp³-hybridized carbons (Fsp3) is 0.414. The lowest BCUT2D eigenvalue weighted by Crippen LogP contribution is -1.97. The molecule has 0 aliphatic carbocycles. The van der Waals surface area contributed by atoms with Crippen molar-refractivity contribution >= 4 is 21.9 Å². The van der Waals surface area contributed by atoms with Crippen LogP contribution in [0.3, 0.4) is 0 Å². The van der Waals surface area contributed by atoms with E-state index in [-0.39, 0.29) is 0 Å². The Kier molecular flexibility index (Phi) is 17.7. The quantitative estimate of drug-likeness (QED) is 0.0457. The summed E-state index contributed by atoms with van der Waals surface area (Å²) in [4.78, 5) is 0. The van der Waals surface area contributed by atoms with Crippen LogP contribution in [0.4, 0.5) is 0 Å². The molecule has 64 heavy (non-hydrogen) atoms. The van der Waals surface area contributed by atoms with Gasteiger partial charge in [0, 0.05) is 33.0 Å². The van der Waals surface area contributed by atoms with Crippen LogP contribution in [0.15, 0.2) is 118 Å². The molecule has 2 heterocycles. The fourth-order valence-corrected chi connectivity index (χ4v) is 8.38. The average Bonchev–Trinajstić information content (AvgIpc) is 3.89. The zero-order chi connectivity index (χ0) is 44.4. The molecule has 0 aliphatic heterocycles. The lowest BCUT2D eigenvalue weighted by Gasteiger charge is -2.09. The third kappa shape index (κ3) is 12.3. The summed E-state index contributed by atoms with van der Waals surface area (Å²) in [7, 11) is 0. The Balaban J connectivity index is 1.27. The maximum Gasteiger partial charge on any atom is 0.143 e. The molecule has 7 rings (SSSR count). The van der Waals surface area contributed by atoms with Crippen LogP contribution in [-0.4, -0.2) is 26.4 Å². The molecule has 0 bridgehead atoms. The van der Waals surface area contributed by atoms with Crippen molar-refractivity contribution in [3.8, 4) is 67.9 Å². The maximum atomic E-state index is 6.97. The number of ether oxygens (including phenoxy) is 4. The van der Waals surface area contributed by atoms with E-state index in [9.17, 15) is 0 Å². The summed E-state index contributed by atoms with van der Waals surface area (Å²) in [6.07, 6.45) is 18.7. The first-order valence-electron chi connectivity index (χ1n) is 24.6. The molecule has 0 aliphatic rings. The molecule has 0 amide bonds. The number of rotatable bonds is 28. The molecule has 5 aromatic carbocycles. The molecule has 0 radical (unpaired) electrons. The largest absolute Gasteiger partial charge is 0.494 e. The summed E-state index contributed by atoms with van der Waals surface area (Å²) in [6, 6.07) is 37.9. The zero-order valence-corrected chi connectivity index (χ0v) is 39.0. The van der Waals surface area contributed by atoms with Gasteiger partial charge in [-0.3, -0.25) is 0 Å². The highest BCUT2D eigenvalue weighted by molar-refractivity contribution is 6.11. The van der Waals surface area contributed by atoms with Gasteiger partial charge >= 0.3 is 0 Å². The molecule has 0 unspecified atom stereocenters. The van der Waals surface area contributed by atoms with E-state index in [0.717, 1.165) is 142 Å². The van der Waals surface area contributed by atoms with E-state index in [1.807, 2.05) is 0 Å². The van der Waals surface area contributed by atoms with E-state index in [4.69, 9.17) is 27.8 Å². The first-order chi connectivity index (χ1) is 31.6. The molecule has 0 fully saturated rings. The number of benzene rings is 5. The Morgan fingerprint density at radius 3 is 0.844 bits per heavy atom. The van der Waals surface area contributed by atoms with Crippen LogP contribution in [0.5, 0.6) is 23.0 Å². The van der Waals surface area contributed by atoms with E-state index in [2.05, 4.69) is 137 Å². The van der Waals surface area contributed by atoms with Gasteiger partial charge < -0.3 is 27.8 Å². The van der Waals surface area contributed by atoms with Gasteiger partial charge in [0.25, 0.3) is 0 Å². The molecule has 2 aromatic heterocycles. The molecule has 338 valence electrons. The summed E-state index contributed by atoms with van der Waals surface area (Å²) < 4.78 is 38.5. The lowest BCUT2D eigenvalue weighted by atomic mass is 9.96. The summed E-state index contributed by atoms with van der Waals surface area (Å²) in [5.74, 6) is 5.09. The minimum Gasteiger partial charge on any atom is -0.494 e. The SMILES string of the molecule is CCCCCCOc1ccc(-c2oc3cc4c(-c5ccc(OCCCCCC)cc5)c(-c5ccc(OCCCCCC)cc5)oc4cc3c2-c2ccc(OCCCCCC)cc2)cc1. The van der Waals surface area contributed by atoms with Gasteiger partial charge in [0.2, 0.25) is 0 Å². The maximum absolute atomic E-state index is 6.97. The molecular weight excluding hydrogens is 793 g/mol. The Bertz CT molecular complexity index is 2250. The van der Waals surface area contributed by atoms with Crippen molar-refractivity contribution < 1.29 is 27.8 Å². The number of unbranched alkanes of at least 4 members (excludes halogenated alkanes) is 12. The van der Waals surface area contributed by atoms with Crippen LogP contribution in [0.2, 0.25) is 0 Å². The Morgan fingerprint density at radius 2 is 0.578 bits per heavy atom. The Labute approximate surface area is 382 Å². The molecule has 0 saturated heterocycles. The van der Waals surface area contributed by atoms with Crippen molar-refractivity contribution in [3.05, 3.63) is 109 Å². The van der Waals surface area contributed by atoms with Crippen molar-refractivity contribution in [2.75, 3.05) is 26.4 Å². The van der Waals surface area contributed by atoms with Crippen LogP contribution < -0.4 is 18.9 Å². The van der Waals surface area contributed by atoms with Crippen molar-refractivity contribution in [1.29, 1.82) is 0 Å².